The summed E-state index contributed by atoms with van der Waals surface area (Å²) in [7, 11) is 0. The highest BCUT2D eigenvalue weighted by Crippen LogP contribution is 2.78. The lowest BCUT2D eigenvalue weighted by atomic mass is 9.49. The number of hydrogen-bond donors (Lipinski definition) is 6. The third-order valence-electron chi connectivity index (χ3n) is 14.1. The topological polar surface area (TPSA) is 160 Å². The number of esters is 1. The highest BCUT2D eigenvalue weighted by molar-refractivity contribution is 5.87. The molecule has 14 atom stereocenters. The molecule has 10 heteroatoms. The van der Waals surface area contributed by atoms with E-state index >= 15 is 0 Å². The van der Waals surface area contributed by atoms with Crippen molar-refractivity contribution >= 4 is 5.97 Å². The van der Waals surface area contributed by atoms with Crippen molar-refractivity contribution in [3.05, 3.63) is 11.6 Å². The lowest BCUT2D eigenvalue weighted by Gasteiger charge is -2.68. The molecule has 3 saturated heterocycles. The Morgan fingerprint density at radius 1 is 0.952 bits per heavy atom. The van der Waals surface area contributed by atoms with E-state index in [4.69, 9.17) is 9.47 Å². The summed E-state index contributed by atoms with van der Waals surface area (Å²) in [5, 5.41) is 73.9. The van der Waals surface area contributed by atoms with Crippen LogP contribution in [0, 0.1) is 29.1 Å². The fourth-order valence-electron chi connectivity index (χ4n) is 11.8. The average Bonchev–Trinajstić information content (AvgIpc) is 3.09. The molecule has 4 bridgehead atoms. The zero-order chi connectivity index (χ0) is 30.5. The van der Waals surface area contributed by atoms with Crippen LogP contribution >= 0.6 is 0 Å². The number of carbonyl (C=O) groups is 1. The number of aliphatic hydroxyl groups is 6. The Labute approximate surface area is 247 Å². The largest absolute Gasteiger partial charge is 0.453 e. The van der Waals surface area contributed by atoms with Gasteiger partial charge in [-0.25, -0.2) is 4.79 Å². The van der Waals surface area contributed by atoms with Crippen molar-refractivity contribution in [3.8, 4) is 0 Å². The van der Waals surface area contributed by atoms with E-state index < -0.39 is 75.1 Å². The van der Waals surface area contributed by atoms with Gasteiger partial charge in [-0.05, 0) is 65.2 Å². The molecule has 0 aromatic rings. The van der Waals surface area contributed by atoms with E-state index in [1.165, 1.54) is 0 Å². The van der Waals surface area contributed by atoms with Gasteiger partial charge >= 0.3 is 5.97 Å². The van der Waals surface area contributed by atoms with Gasteiger partial charge in [0, 0.05) is 60.7 Å². The van der Waals surface area contributed by atoms with Gasteiger partial charge in [0.1, 0.15) is 22.4 Å². The number of ether oxygens (including phenoxy) is 2. The summed E-state index contributed by atoms with van der Waals surface area (Å²) < 4.78 is 12.6. The van der Waals surface area contributed by atoms with E-state index in [0.717, 1.165) is 6.42 Å². The maximum absolute atomic E-state index is 12.9. The monoisotopic (exact) mass is 591 g/mol. The van der Waals surface area contributed by atoms with Crippen LogP contribution in [-0.4, -0.2) is 107 Å². The second kappa shape index (κ2) is 8.57. The minimum absolute atomic E-state index is 0.0606. The normalized spacial score (nSPS) is 60.3. The van der Waals surface area contributed by atoms with E-state index in [0.29, 0.717) is 50.1 Å². The molecule has 4 saturated carbocycles. The molecule has 3 aliphatic heterocycles. The molecule has 10 nitrogen and oxygen atoms in total. The van der Waals surface area contributed by atoms with Crippen molar-refractivity contribution < 1.29 is 44.9 Å². The first-order chi connectivity index (χ1) is 19.5. The van der Waals surface area contributed by atoms with Crippen LogP contribution in [0.3, 0.4) is 0 Å². The van der Waals surface area contributed by atoms with Crippen LogP contribution in [-0.2, 0) is 14.3 Å². The zero-order valence-electron chi connectivity index (χ0n) is 25.5. The zero-order valence-corrected chi connectivity index (χ0v) is 25.5. The van der Waals surface area contributed by atoms with Gasteiger partial charge in [-0.3, -0.25) is 4.90 Å². The lowest BCUT2D eigenvalue weighted by molar-refractivity contribution is -0.354. The smallest absolute Gasteiger partial charge is 0.333 e. The Morgan fingerprint density at radius 3 is 2.33 bits per heavy atom. The van der Waals surface area contributed by atoms with Crippen molar-refractivity contribution in [3.63, 3.8) is 0 Å². The summed E-state index contributed by atoms with van der Waals surface area (Å²) in [5.74, 6) is -4.05. The predicted octanol–water partition coefficient (Wildman–Crippen LogP) is 0.991. The van der Waals surface area contributed by atoms with Gasteiger partial charge < -0.3 is 40.1 Å². The van der Waals surface area contributed by atoms with Crippen LogP contribution in [0.25, 0.3) is 0 Å². The van der Waals surface area contributed by atoms with E-state index in [1.54, 1.807) is 26.8 Å². The molecule has 1 spiro atoms. The van der Waals surface area contributed by atoms with Crippen LogP contribution in [0.15, 0.2) is 11.6 Å². The minimum atomic E-state index is -2.06. The molecule has 7 fully saturated rings. The number of hydrogen-bond acceptors (Lipinski definition) is 10. The Hall–Kier alpha value is -1.11. The molecule has 42 heavy (non-hydrogen) atoms. The fourth-order valence-corrected chi connectivity index (χ4v) is 11.8. The second-order valence-electron chi connectivity index (χ2n) is 15.7. The predicted molar refractivity (Wildman–Crippen MR) is 150 cm³/mol. The summed E-state index contributed by atoms with van der Waals surface area (Å²) in [6.07, 6.45) is 2.30. The quantitative estimate of drug-likeness (QED) is 0.202. The molecule has 7 aliphatic rings. The van der Waals surface area contributed by atoms with E-state index in [2.05, 4.69) is 11.8 Å². The van der Waals surface area contributed by atoms with Crippen molar-refractivity contribution in [1.29, 1.82) is 0 Å². The molecule has 0 amide bonds. The molecule has 4 aliphatic carbocycles. The molecule has 7 rings (SSSR count). The van der Waals surface area contributed by atoms with Crippen LogP contribution in [0.5, 0.6) is 0 Å². The van der Waals surface area contributed by atoms with Gasteiger partial charge in [0.2, 0.25) is 5.79 Å². The summed E-state index contributed by atoms with van der Waals surface area (Å²) in [6.45, 7) is 10.1. The number of nitrogens with zero attached hydrogens (tertiary/aromatic N) is 1. The Morgan fingerprint density at radius 2 is 1.64 bits per heavy atom. The molecule has 0 aromatic heterocycles. The maximum atomic E-state index is 12.9. The minimum Gasteiger partial charge on any atom is -0.453 e. The summed E-state index contributed by atoms with van der Waals surface area (Å²) in [6, 6.07) is -0.387. The number of piperidine rings is 2. The standard InChI is InChI=1S/C32H49NO9/c1-6-18(3)25(35)41-24-11-12-26(4)19-8-9-20-28(37)13-23(34)31(39)21(29(28,38)16-30(20,26)42-32(19,24)40)15-33-14-17(2)7-10-22(33)27(31,5)36/h6,17,19-24,34,36-40H,7-16H2,1-5H3/b18-6+/t17-,19-,20-,21-,22-,23-,24-,26-,27+,28+,29+,30+,31-,32+/m0/s1. The van der Waals surface area contributed by atoms with Gasteiger partial charge in [-0.15, -0.1) is 0 Å². The van der Waals surface area contributed by atoms with Crippen LogP contribution in [0.4, 0.5) is 0 Å². The van der Waals surface area contributed by atoms with Gasteiger partial charge in [0.15, 0.2) is 6.10 Å². The van der Waals surface area contributed by atoms with Crippen LogP contribution in [0.2, 0.25) is 0 Å². The van der Waals surface area contributed by atoms with Crippen molar-refractivity contribution in [2.75, 3.05) is 13.1 Å². The van der Waals surface area contributed by atoms with E-state index in [-0.39, 0.29) is 25.4 Å². The molecule has 236 valence electrons. The third kappa shape index (κ3) is 3.07. The Bertz CT molecular complexity index is 1220. The number of aliphatic hydroxyl groups excluding tert-OH is 1. The molecular weight excluding hydrogens is 542 g/mol. The van der Waals surface area contributed by atoms with Crippen LogP contribution in [0.1, 0.15) is 86.0 Å². The fraction of sp³-hybridized carbons (Fsp3) is 0.906. The summed E-state index contributed by atoms with van der Waals surface area (Å²) in [5.41, 5.74) is -8.96. The summed E-state index contributed by atoms with van der Waals surface area (Å²) in [4.78, 5) is 14.9. The molecule has 6 N–H and O–H groups in total. The number of allylic oxidation sites excluding steroid dienone is 1. The maximum Gasteiger partial charge on any atom is 0.333 e. The molecule has 3 heterocycles. The van der Waals surface area contributed by atoms with Gasteiger partial charge in [-0.1, -0.05) is 19.9 Å². The summed E-state index contributed by atoms with van der Waals surface area (Å²) >= 11 is 0. The lowest BCUT2D eigenvalue weighted by Crippen LogP contribution is -2.85. The first-order valence-electron chi connectivity index (χ1n) is 16.0. The third-order valence-corrected chi connectivity index (χ3v) is 14.1. The SMILES string of the molecule is C/C=C(\C)C(=O)O[C@H]1CC[C@@]2(C)[C@@H]3CC[C@H]4[C@]5(O)C[C@H](O)[C@@]6(O)[C@@H](CN7C[C@@H](C)CC[C@H]7[C@@]6(C)O)[C@]5(O)C[C@@]42O[C@@]13O. The second-order valence-corrected chi connectivity index (χ2v) is 15.7. The average molecular weight is 592 g/mol. The first kappa shape index (κ1) is 29.6. The van der Waals surface area contributed by atoms with Crippen LogP contribution < -0.4 is 0 Å². The van der Waals surface area contributed by atoms with E-state index in [1.807, 2.05) is 6.92 Å². The molecule has 0 radical (unpaired) electrons. The molecule has 0 unspecified atom stereocenters. The highest BCUT2D eigenvalue weighted by Gasteiger charge is 2.88. The van der Waals surface area contributed by atoms with Gasteiger partial charge in [0.25, 0.3) is 0 Å². The molecule has 0 aromatic carbocycles. The van der Waals surface area contributed by atoms with Crippen molar-refractivity contribution in [1.82, 2.24) is 4.90 Å². The number of carbonyl (C=O) groups excluding carboxylic acids is 1. The first-order valence-corrected chi connectivity index (χ1v) is 16.0. The van der Waals surface area contributed by atoms with Crippen molar-refractivity contribution in [2.45, 2.75) is 138 Å². The van der Waals surface area contributed by atoms with Gasteiger partial charge in [0.05, 0.1) is 11.7 Å². The van der Waals surface area contributed by atoms with E-state index in [9.17, 15) is 35.4 Å². The number of rotatable bonds is 2. The molecular formula is C32H49NO9. The van der Waals surface area contributed by atoms with Gasteiger partial charge in [-0.2, -0.15) is 0 Å². The number of fused-ring (bicyclic) bond motifs is 5. The Kier molecular flexibility index (Phi) is 6.04. The highest BCUT2D eigenvalue weighted by atomic mass is 16.7. The Balaban J connectivity index is 1.32. The van der Waals surface area contributed by atoms with Crippen molar-refractivity contribution in [2.24, 2.45) is 29.1 Å².